The standard InChI is InChI=1S/C12H24N2O2/c1-12(2,3)13-9-11(16)14(7-8-15)10-5-4-6-10/h10,13,15H,4-9H2,1-3H3. The van der Waals surface area contributed by atoms with Crippen molar-refractivity contribution in [2.45, 2.75) is 51.6 Å². The number of amides is 1. The number of carbonyl (C=O) groups excluding carboxylic acids is 1. The largest absolute Gasteiger partial charge is 0.395 e. The molecular weight excluding hydrogens is 204 g/mol. The Morgan fingerprint density at radius 1 is 1.44 bits per heavy atom. The van der Waals surface area contributed by atoms with Gasteiger partial charge in [0.2, 0.25) is 5.91 Å². The molecule has 1 fully saturated rings. The van der Waals surface area contributed by atoms with Crippen molar-refractivity contribution >= 4 is 5.91 Å². The number of nitrogens with one attached hydrogen (secondary N) is 1. The second-order valence-corrected chi connectivity index (χ2v) is 5.50. The number of aliphatic hydroxyl groups excluding tert-OH is 1. The van der Waals surface area contributed by atoms with Gasteiger partial charge in [0.25, 0.3) is 0 Å². The second kappa shape index (κ2) is 5.64. The Bertz CT molecular complexity index is 232. The Balaban J connectivity index is 2.41. The van der Waals surface area contributed by atoms with E-state index < -0.39 is 0 Å². The van der Waals surface area contributed by atoms with Crippen LogP contribution in [0.1, 0.15) is 40.0 Å². The first-order valence-corrected chi connectivity index (χ1v) is 6.09. The molecule has 16 heavy (non-hydrogen) atoms. The lowest BCUT2D eigenvalue weighted by Gasteiger charge is -2.38. The summed E-state index contributed by atoms with van der Waals surface area (Å²) >= 11 is 0. The SMILES string of the molecule is CC(C)(C)NCC(=O)N(CCO)C1CCC1. The van der Waals surface area contributed by atoms with Gasteiger partial charge in [0.05, 0.1) is 13.2 Å². The van der Waals surface area contributed by atoms with Crippen molar-refractivity contribution in [3.8, 4) is 0 Å². The van der Waals surface area contributed by atoms with Crippen LogP contribution in [-0.2, 0) is 4.79 Å². The predicted molar refractivity (Wildman–Crippen MR) is 64.2 cm³/mol. The van der Waals surface area contributed by atoms with Crippen LogP contribution in [0.2, 0.25) is 0 Å². The molecule has 0 aliphatic heterocycles. The lowest BCUT2D eigenvalue weighted by atomic mass is 9.91. The summed E-state index contributed by atoms with van der Waals surface area (Å²) in [5, 5.41) is 12.2. The smallest absolute Gasteiger partial charge is 0.236 e. The van der Waals surface area contributed by atoms with Crippen molar-refractivity contribution in [1.29, 1.82) is 0 Å². The average molecular weight is 228 g/mol. The molecule has 0 bridgehead atoms. The van der Waals surface area contributed by atoms with Crippen molar-refractivity contribution in [2.24, 2.45) is 0 Å². The van der Waals surface area contributed by atoms with E-state index in [1.165, 1.54) is 6.42 Å². The minimum atomic E-state index is -0.0415. The molecule has 0 aromatic rings. The van der Waals surface area contributed by atoms with Crippen molar-refractivity contribution in [3.63, 3.8) is 0 Å². The second-order valence-electron chi connectivity index (χ2n) is 5.50. The van der Waals surface area contributed by atoms with Crippen LogP contribution >= 0.6 is 0 Å². The summed E-state index contributed by atoms with van der Waals surface area (Å²) in [7, 11) is 0. The fourth-order valence-electron chi connectivity index (χ4n) is 1.76. The van der Waals surface area contributed by atoms with Gasteiger partial charge in [0.15, 0.2) is 0 Å². The summed E-state index contributed by atoms with van der Waals surface area (Å²) in [6.45, 7) is 7.01. The number of aliphatic hydroxyl groups is 1. The molecule has 0 unspecified atom stereocenters. The summed E-state index contributed by atoms with van der Waals surface area (Å²) in [6.07, 6.45) is 3.37. The number of hydrogen-bond donors (Lipinski definition) is 2. The van der Waals surface area contributed by atoms with Crippen molar-refractivity contribution in [3.05, 3.63) is 0 Å². The first-order chi connectivity index (χ1) is 7.44. The highest BCUT2D eigenvalue weighted by Crippen LogP contribution is 2.24. The first kappa shape index (κ1) is 13.5. The van der Waals surface area contributed by atoms with Crippen molar-refractivity contribution in [2.75, 3.05) is 19.7 Å². The molecule has 4 nitrogen and oxygen atoms in total. The van der Waals surface area contributed by atoms with Gasteiger partial charge in [-0.2, -0.15) is 0 Å². The third-order valence-corrected chi connectivity index (χ3v) is 2.95. The van der Waals surface area contributed by atoms with E-state index in [1.807, 2.05) is 25.7 Å². The van der Waals surface area contributed by atoms with Gasteiger partial charge in [-0.1, -0.05) is 0 Å². The van der Waals surface area contributed by atoms with Crippen LogP contribution in [-0.4, -0.2) is 47.2 Å². The highest BCUT2D eigenvalue weighted by Gasteiger charge is 2.28. The minimum absolute atomic E-state index is 0.0415. The zero-order chi connectivity index (χ0) is 12.2. The molecular formula is C12H24N2O2. The van der Waals surface area contributed by atoms with E-state index in [4.69, 9.17) is 5.11 Å². The average Bonchev–Trinajstić information content (AvgIpc) is 2.09. The van der Waals surface area contributed by atoms with Crippen LogP contribution in [0, 0.1) is 0 Å². The van der Waals surface area contributed by atoms with Gasteiger partial charge in [0.1, 0.15) is 0 Å². The molecule has 0 heterocycles. The summed E-state index contributed by atoms with van der Waals surface area (Å²) in [5.41, 5.74) is -0.0415. The van der Waals surface area contributed by atoms with Gasteiger partial charge in [-0.05, 0) is 40.0 Å². The third kappa shape index (κ3) is 4.10. The molecule has 0 spiro atoms. The molecule has 1 aliphatic carbocycles. The Kier molecular flexibility index (Phi) is 4.74. The molecule has 0 aromatic carbocycles. The number of carbonyl (C=O) groups is 1. The van der Waals surface area contributed by atoms with E-state index in [9.17, 15) is 4.79 Å². The zero-order valence-electron chi connectivity index (χ0n) is 10.6. The van der Waals surface area contributed by atoms with Crippen LogP contribution in [0.5, 0.6) is 0 Å². The van der Waals surface area contributed by atoms with E-state index in [2.05, 4.69) is 5.32 Å². The molecule has 0 aromatic heterocycles. The number of rotatable bonds is 5. The highest BCUT2D eigenvalue weighted by atomic mass is 16.3. The van der Waals surface area contributed by atoms with E-state index in [1.54, 1.807) is 0 Å². The maximum absolute atomic E-state index is 12.0. The Hall–Kier alpha value is -0.610. The number of hydrogen-bond acceptors (Lipinski definition) is 3. The molecule has 94 valence electrons. The zero-order valence-corrected chi connectivity index (χ0v) is 10.6. The topological polar surface area (TPSA) is 52.6 Å². The molecule has 0 radical (unpaired) electrons. The monoisotopic (exact) mass is 228 g/mol. The molecule has 0 atom stereocenters. The summed E-state index contributed by atoms with van der Waals surface area (Å²) in [6, 6.07) is 0.362. The van der Waals surface area contributed by atoms with Crippen LogP contribution in [0.3, 0.4) is 0 Å². The van der Waals surface area contributed by atoms with Gasteiger partial charge in [-0.15, -0.1) is 0 Å². The van der Waals surface area contributed by atoms with Crippen molar-refractivity contribution < 1.29 is 9.90 Å². The number of nitrogens with zero attached hydrogens (tertiary/aromatic N) is 1. The van der Waals surface area contributed by atoms with Crippen LogP contribution < -0.4 is 5.32 Å². The van der Waals surface area contributed by atoms with Gasteiger partial charge in [-0.25, -0.2) is 0 Å². The van der Waals surface area contributed by atoms with Gasteiger partial charge < -0.3 is 15.3 Å². The summed E-state index contributed by atoms with van der Waals surface area (Å²) < 4.78 is 0. The fraction of sp³-hybridized carbons (Fsp3) is 0.917. The van der Waals surface area contributed by atoms with Crippen molar-refractivity contribution in [1.82, 2.24) is 10.2 Å². The van der Waals surface area contributed by atoms with E-state index in [0.717, 1.165) is 12.8 Å². The van der Waals surface area contributed by atoms with Gasteiger partial charge in [0, 0.05) is 18.1 Å². The molecule has 0 saturated heterocycles. The highest BCUT2D eigenvalue weighted by molar-refractivity contribution is 5.78. The lowest BCUT2D eigenvalue weighted by molar-refractivity contribution is -0.135. The van der Waals surface area contributed by atoms with E-state index in [0.29, 0.717) is 19.1 Å². The normalized spacial score (nSPS) is 17.0. The Morgan fingerprint density at radius 3 is 2.44 bits per heavy atom. The molecule has 2 N–H and O–H groups in total. The van der Waals surface area contributed by atoms with E-state index in [-0.39, 0.29) is 18.1 Å². The van der Waals surface area contributed by atoms with E-state index >= 15 is 0 Å². The third-order valence-electron chi connectivity index (χ3n) is 2.95. The molecule has 1 aliphatic rings. The molecule has 1 saturated carbocycles. The quantitative estimate of drug-likeness (QED) is 0.730. The fourth-order valence-corrected chi connectivity index (χ4v) is 1.76. The molecule has 4 heteroatoms. The van der Waals surface area contributed by atoms with Crippen LogP contribution in [0.15, 0.2) is 0 Å². The summed E-state index contributed by atoms with van der Waals surface area (Å²) in [4.78, 5) is 13.8. The molecule has 1 amide bonds. The molecule has 1 rings (SSSR count). The maximum atomic E-state index is 12.0. The first-order valence-electron chi connectivity index (χ1n) is 6.09. The Labute approximate surface area is 98.0 Å². The van der Waals surface area contributed by atoms with Crippen LogP contribution in [0.4, 0.5) is 0 Å². The van der Waals surface area contributed by atoms with Gasteiger partial charge in [-0.3, -0.25) is 4.79 Å². The predicted octanol–water partition coefficient (Wildman–Crippen LogP) is 0.748. The Morgan fingerprint density at radius 2 is 2.06 bits per heavy atom. The van der Waals surface area contributed by atoms with Crippen LogP contribution in [0.25, 0.3) is 0 Å². The minimum Gasteiger partial charge on any atom is -0.395 e. The summed E-state index contributed by atoms with van der Waals surface area (Å²) in [5.74, 6) is 0.105. The van der Waals surface area contributed by atoms with Gasteiger partial charge >= 0.3 is 0 Å². The maximum Gasteiger partial charge on any atom is 0.236 e. The lowest BCUT2D eigenvalue weighted by Crippen LogP contribution is -2.51.